The van der Waals surface area contributed by atoms with Crippen LogP contribution in [0.2, 0.25) is 5.02 Å². The van der Waals surface area contributed by atoms with E-state index in [0.717, 1.165) is 41.1 Å². The monoisotopic (exact) mass is 317 g/mol. The van der Waals surface area contributed by atoms with Crippen LogP contribution in [0.25, 0.3) is 0 Å². The molecule has 1 fully saturated rings. The number of nitrogens with one attached hydrogen (secondary N) is 1. The molecule has 17 heavy (non-hydrogen) atoms. The van der Waals surface area contributed by atoms with E-state index in [1.54, 1.807) is 0 Å². The van der Waals surface area contributed by atoms with Crippen molar-refractivity contribution < 1.29 is 4.74 Å². The molecule has 94 valence electrons. The maximum atomic E-state index is 6.17. The van der Waals surface area contributed by atoms with Gasteiger partial charge in [0.1, 0.15) is 0 Å². The zero-order valence-corrected chi connectivity index (χ0v) is 12.2. The summed E-state index contributed by atoms with van der Waals surface area (Å²) in [6.45, 7) is 3.00. The summed E-state index contributed by atoms with van der Waals surface area (Å²) in [6, 6.07) is 6.34. The second-order valence-electron chi connectivity index (χ2n) is 4.39. The van der Waals surface area contributed by atoms with Gasteiger partial charge < -0.3 is 10.1 Å². The Kier molecular flexibility index (Phi) is 4.71. The average molecular weight is 319 g/mol. The van der Waals surface area contributed by atoms with Crippen molar-refractivity contribution in [3.8, 4) is 0 Å². The van der Waals surface area contributed by atoms with Crippen LogP contribution in [0.4, 0.5) is 5.69 Å². The minimum Gasteiger partial charge on any atom is -0.381 e. The molecule has 0 spiro atoms. The lowest BCUT2D eigenvalue weighted by molar-refractivity contribution is 0.00926. The number of halogens is 2. The van der Waals surface area contributed by atoms with E-state index in [1.165, 1.54) is 0 Å². The fourth-order valence-corrected chi connectivity index (χ4v) is 2.66. The molecule has 0 aliphatic carbocycles. The highest BCUT2D eigenvalue weighted by Gasteiger charge is 2.21. The zero-order chi connectivity index (χ0) is 12.3. The molecular weight excluding hydrogens is 302 g/mol. The van der Waals surface area contributed by atoms with Crippen molar-refractivity contribution in [2.75, 3.05) is 11.9 Å². The third kappa shape index (κ3) is 3.60. The van der Waals surface area contributed by atoms with E-state index in [4.69, 9.17) is 16.3 Å². The Labute approximate surface area is 116 Å². The van der Waals surface area contributed by atoms with Crippen molar-refractivity contribution >= 4 is 33.2 Å². The fraction of sp³-hybridized carbons (Fsp3) is 0.538. The van der Waals surface area contributed by atoms with Crippen molar-refractivity contribution in [3.05, 3.63) is 27.7 Å². The third-order valence-corrected chi connectivity index (χ3v) is 3.93. The smallest absolute Gasteiger partial charge is 0.0638 e. The Balaban J connectivity index is 2.02. The van der Waals surface area contributed by atoms with Gasteiger partial charge in [-0.15, -0.1) is 0 Å². The highest BCUT2D eigenvalue weighted by atomic mass is 79.9. The van der Waals surface area contributed by atoms with Gasteiger partial charge in [0.25, 0.3) is 0 Å². The summed E-state index contributed by atoms with van der Waals surface area (Å²) in [5.74, 6) is 0. The second kappa shape index (κ2) is 6.07. The van der Waals surface area contributed by atoms with Gasteiger partial charge in [-0.3, -0.25) is 0 Å². The molecule has 2 unspecified atom stereocenters. The Morgan fingerprint density at radius 1 is 1.53 bits per heavy atom. The number of anilines is 1. The Morgan fingerprint density at radius 3 is 3.12 bits per heavy atom. The molecule has 0 saturated carbocycles. The number of benzene rings is 1. The van der Waals surface area contributed by atoms with Crippen LogP contribution in [0.5, 0.6) is 0 Å². The van der Waals surface area contributed by atoms with Crippen LogP contribution < -0.4 is 5.32 Å². The summed E-state index contributed by atoms with van der Waals surface area (Å²) in [6.07, 6.45) is 3.55. The third-order valence-electron chi connectivity index (χ3n) is 3.11. The molecule has 1 N–H and O–H groups in total. The molecule has 1 heterocycles. The largest absolute Gasteiger partial charge is 0.381 e. The number of hydrogen-bond acceptors (Lipinski definition) is 2. The quantitative estimate of drug-likeness (QED) is 0.887. The molecule has 1 saturated heterocycles. The Bertz CT molecular complexity index is 386. The summed E-state index contributed by atoms with van der Waals surface area (Å²) in [5, 5.41) is 4.28. The SMILES string of the molecule is CCC1CC(Nc2cc(Br)ccc2Cl)CCO1. The van der Waals surface area contributed by atoms with E-state index in [9.17, 15) is 0 Å². The minimum atomic E-state index is 0.382. The normalized spacial score (nSPS) is 24.6. The highest BCUT2D eigenvalue weighted by molar-refractivity contribution is 9.10. The standard InChI is InChI=1S/C13H17BrClNO/c1-2-11-8-10(5-6-17-11)16-13-7-9(14)3-4-12(13)15/h3-4,7,10-11,16H,2,5-6,8H2,1H3. The zero-order valence-electron chi connectivity index (χ0n) is 9.88. The molecule has 1 aliphatic rings. The van der Waals surface area contributed by atoms with Gasteiger partial charge in [0.15, 0.2) is 0 Å². The van der Waals surface area contributed by atoms with Crippen LogP contribution in [-0.2, 0) is 4.74 Å². The topological polar surface area (TPSA) is 21.3 Å². The Hall–Kier alpha value is -0.250. The average Bonchev–Trinajstić information content (AvgIpc) is 2.34. The van der Waals surface area contributed by atoms with Gasteiger partial charge >= 0.3 is 0 Å². The van der Waals surface area contributed by atoms with Crippen LogP contribution in [-0.4, -0.2) is 18.8 Å². The Morgan fingerprint density at radius 2 is 2.35 bits per heavy atom. The molecule has 1 aromatic carbocycles. The first kappa shape index (κ1) is 13.2. The lowest BCUT2D eigenvalue weighted by atomic mass is 10.0. The van der Waals surface area contributed by atoms with Crippen LogP contribution in [0, 0.1) is 0 Å². The van der Waals surface area contributed by atoms with Crippen molar-refractivity contribution in [1.82, 2.24) is 0 Å². The van der Waals surface area contributed by atoms with Crippen molar-refractivity contribution in [2.24, 2.45) is 0 Å². The number of ether oxygens (including phenoxy) is 1. The van der Waals surface area contributed by atoms with Gasteiger partial charge in [-0.05, 0) is 37.5 Å². The summed E-state index contributed by atoms with van der Waals surface area (Å²) < 4.78 is 6.71. The summed E-state index contributed by atoms with van der Waals surface area (Å²) in [4.78, 5) is 0. The molecule has 0 bridgehead atoms. The van der Waals surface area contributed by atoms with E-state index in [2.05, 4.69) is 28.2 Å². The van der Waals surface area contributed by atoms with Crippen molar-refractivity contribution in [3.63, 3.8) is 0 Å². The van der Waals surface area contributed by atoms with Crippen molar-refractivity contribution in [2.45, 2.75) is 38.3 Å². The highest BCUT2D eigenvalue weighted by Crippen LogP contribution is 2.28. The number of rotatable bonds is 3. The fourth-order valence-electron chi connectivity index (χ4n) is 2.12. The molecule has 2 atom stereocenters. The van der Waals surface area contributed by atoms with Gasteiger partial charge in [0, 0.05) is 17.1 Å². The van der Waals surface area contributed by atoms with Gasteiger partial charge in [0.05, 0.1) is 16.8 Å². The van der Waals surface area contributed by atoms with Crippen LogP contribution in [0.3, 0.4) is 0 Å². The lowest BCUT2D eigenvalue weighted by Gasteiger charge is -2.30. The maximum Gasteiger partial charge on any atom is 0.0638 e. The van der Waals surface area contributed by atoms with E-state index in [1.807, 2.05) is 18.2 Å². The molecule has 2 rings (SSSR count). The lowest BCUT2D eigenvalue weighted by Crippen LogP contribution is -2.33. The maximum absolute atomic E-state index is 6.17. The van der Waals surface area contributed by atoms with E-state index >= 15 is 0 Å². The van der Waals surface area contributed by atoms with Crippen molar-refractivity contribution in [1.29, 1.82) is 0 Å². The summed E-state index contributed by atoms with van der Waals surface area (Å²) >= 11 is 9.63. The molecular formula is C13H17BrClNO. The first-order chi connectivity index (χ1) is 8.19. The van der Waals surface area contributed by atoms with Crippen LogP contribution in [0.15, 0.2) is 22.7 Å². The van der Waals surface area contributed by atoms with E-state index in [0.29, 0.717) is 12.1 Å². The molecule has 0 aromatic heterocycles. The van der Waals surface area contributed by atoms with Gasteiger partial charge in [0.2, 0.25) is 0 Å². The minimum absolute atomic E-state index is 0.382. The molecule has 1 aromatic rings. The molecule has 1 aliphatic heterocycles. The second-order valence-corrected chi connectivity index (χ2v) is 5.71. The van der Waals surface area contributed by atoms with Gasteiger partial charge in [-0.1, -0.05) is 34.5 Å². The molecule has 4 heteroatoms. The summed E-state index contributed by atoms with van der Waals surface area (Å²) in [7, 11) is 0. The first-order valence-corrected chi connectivity index (χ1v) is 7.19. The molecule has 2 nitrogen and oxygen atoms in total. The predicted molar refractivity (Wildman–Crippen MR) is 75.8 cm³/mol. The molecule has 0 radical (unpaired) electrons. The van der Waals surface area contributed by atoms with Gasteiger partial charge in [-0.2, -0.15) is 0 Å². The predicted octanol–water partition coefficient (Wildman–Crippen LogP) is 4.47. The summed E-state index contributed by atoms with van der Waals surface area (Å²) in [5.41, 5.74) is 1.00. The molecule has 0 amide bonds. The van der Waals surface area contributed by atoms with Gasteiger partial charge in [-0.25, -0.2) is 0 Å². The van der Waals surface area contributed by atoms with E-state index in [-0.39, 0.29) is 0 Å². The van der Waals surface area contributed by atoms with Crippen LogP contribution in [0.1, 0.15) is 26.2 Å². The first-order valence-electron chi connectivity index (χ1n) is 6.02. The van der Waals surface area contributed by atoms with Crippen LogP contribution >= 0.6 is 27.5 Å². The van der Waals surface area contributed by atoms with E-state index < -0.39 is 0 Å². The number of hydrogen-bond donors (Lipinski definition) is 1.